The number of ether oxygens (including phenoxy) is 3. The lowest BCUT2D eigenvalue weighted by Crippen LogP contribution is -2.30. The molecule has 0 fully saturated rings. The summed E-state index contributed by atoms with van der Waals surface area (Å²) >= 11 is 0. The molecule has 0 aromatic carbocycles. The molecule has 0 aromatic heterocycles. The lowest BCUT2D eigenvalue weighted by Gasteiger charge is -2.18. The van der Waals surface area contributed by atoms with E-state index >= 15 is 0 Å². The van der Waals surface area contributed by atoms with E-state index in [-0.39, 0.29) is 31.6 Å². The largest absolute Gasteiger partial charge is 0.462 e. The second-order valence-electron chi connectivity index (χ2n) is 21.6. The van der Waals surface area contributed by atoms with Crippen molar-refractivity contribution in [1.29, 1.82) is 0 Å². The maximum Gasteiger partial charge on any atom is 0.306 e. The Kier molecular flexibility index (Phi) is 61.2. The van der Waals surface area contributed by atoms with E-state index < -0.39 is 12.1 Å². The van der Waals surface area contributed by atoms with E-state index in [1.54, 1.807) is 0 Å². The predicted molar refractivity (Wildman–Crippen MR) is 330 cm³/mol. The van der Waals surface area contributed by atoms with E-state index in [0.717, 1.165) is 77.0 Å². The Morgan fingerprint density at radius 2 is 0.539 bits per heavy atom. The van der Waals surface area contributed by atoms with Crippen LogP contribution in [-0.2, 0) is 28.6 Å². The third kappa shape index (κ3) is 61.4. The minimum atomic E-state index is -0.813. The standard InChI is InChI=1S/C70H122O6/c1-4-7-10-13-16-18-20-22-24-26-28-29-30-31-32-33-34-35-36-37-38-39-40-41-43-44-46-48-50-52-54-57-60-63-69(72)75-66-67(65-74-68(71)62-59-56-15-12-9-6-3)76-70(73)64-61-58-55-53-51-49-47-45-42-27-25-23-21-19-17-14-11-8-5-2/h8,11,17,19,23,25-26,28,42,45,49,51,55,58,67H,4-7,9-10,12-16,18,20-22,24,27,29-41,43-44,46-48,50,52-54,56-57,59-66H2,1-3H3/b11-8-,19-17-,25-23-,28-26-,45-42-,51-49-,58-55-. The topological polar surface area (TPSA) is 78.9 Å². The molecule has 0 amide bonds. The van der Waals surface area contributed by atoms with Crippen LogP contribution in [0.3, 0.4) is 0 Å². The van der Waals surface area contributed by atoms with Crippen LogP contribution >= 0.6 is 0 Å². The van der Waals surface area contributed by atoms with E-state index in [2.05, 4.69) is 99.8 Å². The molecule has 0 saturated carbocycles. The molecule has 0 aliphatic rings. The highest BCUT2D eigenvalue weighted by atomic mass is 16.6. The molecule has 0 rings (SSSR count). The fourth-order valence-electron chi connectivity index (χ4n) is 9.29. The van der Waals surface area contributed by atoms with Crippen LogP contribution < -0.4 is 0 Å². The average Bonchev–Trinajstić information content (AvgIpc) is 3.42. The maximum atomic E-state index is 12.8. The van der Waals surface area contributed by atoms with Gasteiger partial charge in [-0.3, -0.25) is 14.4 Å². The van der Waals surface area contributed by atoms with Gasteiger partial charge in [0, 0.05) is 19.3 Å². The second kappa shape index (κ2) is 64.1. The molecule has 1 unspecified atom stereocenters. The molecule has 1 atom stereocenters. The van der Waals surface area contributed by atoms with Crippen molar-refractivity contribution in [2.45, 2.75) is 329 Å². The zero-order valence-electron chi connectivity index (χ0n) is 50.3. The number of unbranched alkanes of at least 4 members (excludes halogenated alkanes) is 34. The van der Waals surface area contributed by atoms with Crippen molar-refractivity contribution >= 4 is 17.9 Å². The molecule has 0 spiro atoms. The van der Waals surface area contributed by atoms with Gasteiger partial charge in [0.15, 0.2) is 6.10 Å². The van der Waals surface area contributed by atoms with Crippen LogP contribution in [0, 0.1) is 0 Å². The lowest BCUT2D eigenvalue weighted by molar-refractivity contribution is -0.166. The van der Waals surface area contributed by atoms with Gasteiger partial charge in [-0.1, -0.05) is 305 Å². The van der Waals surface area contributed by atoms with Crippen molar-refractivity contribution in [1.82, 2.24) is 0 Å². The molecular weight excluding hydrogens is 937 g/mol. The summed E-state index contributed by atoms with van der Waals surface area (Å²) in [5.74, 6) is -0.990. The Morgan fingerprint density at radius 3 is 0.855 bits per heavy atom. The predicted octanol–water partition coefficient (Wildman–Crippen LogP) is 22.3. The van der Waals surface area contributed by atoms with Gasteiger partial charge in [0.05, 0.1) is 0 Å². The average molecular weight is 1060 g/mol. The SMILES string of the molecule is CC/C=C\C/C=C\C/C=C\C/C=C\C/C=C\C/C=C\CCC(=O)OC(COC(=O)CCCCCCCC)COC(=O)CCCCCCCCCCCCCCCCCCCCCCC/C=C\CCCCCCCCCC. The number of rotatable bonds is 59. The number of hydrogen-bond donors (Lipinski definition) is 0. The minimum absolute atomic E-state index is 0.104. The molecule has 76 heavy (non-hydrogen) atoms. The third-order valence-corrected chi connectivity index (χ3v) is 14.1. The summed E-state index contributed by atoms with van der Waals surface area (Å²) in [4.78, 5) is 37.9. The van der Waals surface area contributed by atoms with Gasteiger partial charge >= 0.3 is 17.9 Å². The van der Waals surface area contributed by atoms with Gasteiger partial charge in [-0.05, 0) is 83.5 Å². The summed E-state index contributed by atoms with van der Waals surface area (Å²) < 4.78 is 16.7. The van der Waals surface area contributed by atoms with Crippen molar-refractivity contribution in [2.24, 2.45) is 0 Å². The van der Waals surface area contributed by atoms with Crippen molar-refractivity contribution < 1.29 is 28.6 Å². The minimum Gasteiger partial charge on any atom is -0.462 e. The van der Waals surface area contributed by atoms with Crippen LogP contribution in [0.1, 0.15) is 323 Å². The molecule has 0 aliphatic heterocycles. The first-order valence-corrected chi connectivity index (χ1v) is 32.6. The lowest BCUT2D eigenvalue weighted by atomic mass is 10.0. The number of carbonyl (C=O) groups is 3. The van der Waals surface area contributed by atoms with Gasteiger partial charge in [0.1, 0.15) is 13.2 Å². The van der Waals surface area contributed by atoms with Gasteiger partial charge in [-0.15, -0.1) is 0 Å². The fourth-order valence-corrected chi connectivity index (χ4v) is 9.29. The molecule has 438 valence electrons. The zero-order valence-corrected chi connectivity index (χ0v) is 50.3. The number of allylic oxidation sites excluding steroid dienone is 14. The van der Waals surface area contributed by atoms with Crippen molar-refractivity contribution in [3.63, 3.8) is 0 Å². The summed E-state index contributed by atoms with van der Waals surface area (Å²) in [6.45, 7) is 6.43. The Balaban J connectivity index is 4.03. The van der Waals surface area contributed by atoms with E-state index in [1.807, 2.05) is 6.08 Å². The molecular formula is C70H122O6. The van der Waals surface area contributed by atoms with Crippen LogP contribution in [0.5, 0.6) is 0 Å². The van der Waals surface area contributed by atoms with E-state index in [0.29, 0.717) is 19.3 Å². The summed E-state index contributed by atoms with van der Waals surface area (Å²) in [7, 11) is 0. The summed E-state index contributed by atoms with van der Waals surface area (Å²) in [5, 5.41) is 0. The van der Waals surface area contributed by atoms with E-state index in [9.17, 15) is 14.4 Å². The fraction of sp³-hybridized carbons (Fsp3) is 0.757. The van der Waals surface area contributed by atoms with Crippen LogP contribution in [0.25, 0.3) is 0 Å². The first-order valence-electron chi connectivity index (χ1n) is 32.6. The third-order valence-electron chi connectivity index (χ3n) is 14.1. The van der Waals surface area contributed by atoms with Gasteiger partial charge in [0.25, 0.3) is 0 Å². The summed E-state index contributed by atoms with van der Waals surface area (Å²) in [6, 6.07) is 0. The normalized spacial score (nSPS) is 12.6. The molecule has 0 bridgehead atoms. The molecule has 0 radical (unpaired) electrons. The van der Waals surface area contributed by atoms with Gasteiger partial charge in [0.2, 0.25) is 0 Å². The highest BCUT2D eigenvalue weighted by Crippen LogP contribution is 2.17. The van der Waals surface area contributed by atoms with Crippen molar-refractivity contribution in [3.8, 4) is 0 Å². The van der Waals surface area contributed by atoms with Crippen molar-refractivity contribution in [2.75, 3.05) is 13.2 Å². The molecule has 0 heterocycles. The van der Waals surface area contributed by atoms with Crippen LogP contribution in [0.2, 0.25) is 0 Å². The Morgan fingerprint density at radius 1 is 0.276 bits per heavy atom. The van der Waals surface area contributed by atoms with Crippen LogP contribution in [-0.4, -0.2) is 37.2 Å². The van der Waals surface area contributed by atoms with Gasteiger partial charge < -0.3 is 14.2 Å². The number of carbonyl (C=O) groups excluding carboxylic acids is 3. The molecule has 6 heteroatoms. The van der Waals surface area contributed by atoms with E-state index in [4.69, 9.17) is 14.2 Å². The Hall–Kier alpha value is -3.41. The van der Waals surface area contributed by atoms with Crippen molar-refractivity contribution in [3.05, 3.63) is 85.1 Å². The quantitative estimate of drug-likeness (QED) is 0.0261. The molecule has 6 nitrogen and oxygen atoms in total. The first-order chi connectivity index (χ1) is 37.5. The summed E-state index contributed by atoms with van der Waals surface area (Å²) in [6.07, 6.45) is 85.3. The summed E-state index contributed by atoms with van der Waals surface area (Å²) in [5.41, 5.74) is 0. The highest BCUT2D eigenvalue weighted by Gasteiger charge is 2.19. The zero-order chi connectivity index (χ0) is 55.0. The first kappa shape index (κ1) is 72.6. The Labute approximate surface area is 471 Å². The van der Waals surface area contributed by atoms with E-state index in [1.165, 1.54) is 199 Å². The second-order valence-corrected chi connectivity index (χ2v) is 21.6. The maximum absolute atomic E-state index is 12.8. The molecule has 0 aliphatic carbocycles. The molecule has 0 saturated heterocycles. The van der Waals surface area contributed by atoms with Gasteiger partial charge in [-0.2, -0.15) is 0 Å². The smallest absolute Gasteiger partial charge is 0.306 e. The van der Waals surface area contributed by atoms with Crippen LogP contribution in [0.15, 0.2) is 85.1 Å². The monoisotopic (exact) mass is 1060 g/mol. The molecule has 0 aromatic rings. The number of esters is 3. The molecule has 0 N–H and O–H groups in total. The van der Waals surface area contributed by atoms with Crippen LogP contribution in [0.4, 0.5) is 0 Å². The Bertz CT molecular complexity index is 1450. The van der Waals surface area contributed by atoms with Gasteiger partial charge in [-0.25, -0.2) is 0 Å². The number of hydrogen-bond acceptors (Lipinski definition) is 6. The highest BCUT2D eigenvalue weighted by molar-refractivity contribution is 5.71.